The number of nitrogens with zero attached hydrogens (tertiary/aromatic N) is 5. The predicted octanol–water partition coefficient (Wildman–Crippen LogP) is 6.77. The summed E-state index contributed by atoms with van der Waals surface area (Å²) in [5, 5.41) is 14.4. The lowest BCUT2D eigenvalue weighted by atomic mass is 10.0. The summed E-state index contributed by atoms with van der Waals surface area (Å²) >= 11 is 0. The van der Waals surface area contributed by atoms with Gasteiger partial charge in [0.15, 0.2) is 11.5 Å². The highest BCUT2D eigenvalue weighted by atomic mass is 19.1. The van der Waals surface area contributed by atoms with Crippen LogP contribution in [-0.4, -0.2) is 62.2 Å². The molecule has 4 N–H and O–H groups in total. The number of likely N-dealkylation sites (N-methyl/N-ethyl adjacent to an activating group) is 1. The van der Waals surface area contributed by atoms with Gasteiger partial charge in [-0.05, 0) is 73.3 Å². The number of halogens is 2. The first kappa shape index (κ1) is 30.2. The van der Waals surface area contributed by atoms with Crippen LogP contribution in [0.3, 0.4) is 0 Å². The molecular formula is C36H33F2N9. The van der Waals surface area contributed by atoms with Crippen LogP contribution in [-0.2, 0) is 13.1 Å². The van der Waals surface area contributed by atoms with E-state index in [4.69, 9.17) is 4.98 Å². The Morgan fingerprint density at radius 1 is 0.851 bits per heavy atom. The van der Waals surface area contributed by atoms with E-state index in [-0.39, 0.29) is 5.82 Å². The number of imidazole rings is 1. The number of fused-ring (bicyclic) bond motifs is 2. The lowest BCUT2D eigenvalue weighted by Crippen LogP contribution is -2.20. The van der Waals surface area contributed by atoms with Crippen molar-refractivity contribution < 1.29 is 8.78 Å². The quantitative estimate of drug-likeness (QED) is 0.125. The van der Waals surface area contributed by atoms with E-state index in [0.29, 0.717) is 81.2 Å². The van der Waals surface area contributed by atoms with E-state index in [9.17, 15) is 4.39 Å². The maximum Gasteiger partial charge on any atom is 0.161 e. The highest BCUT2D eigenvalue weighted by Crippen LogP contribution is 2.35. The zero-order valence-corrected chi connectivity index (χ0v) is 26.0. The first-order valence-electron chi connectivity index (χ1n) is 15.3. The minimum Gasteiger partial charge on any atom is -0.384 e. The average molecular weight is 630 g/mol. The molecule has 236 valence electrons. The van der Waals surface area contributed by atoms with Crippen molar-refractivity contribution in [3.63, 3.8) is 0 Å². The topological polar surface area (TPSA) is 110 Å². The van der Waals surface area contributed by atoms with Gasteiger partial charge in [-0.1, -0.05) is 30.3 Å². The standard InChI is InChI=1S/C36H33F2N9/c1-47(2)13-12-41-27-16-24(15-26(37)17-27)29-10-11-42-35-33(29)43-36(44-35)34-31-30(45-46-34)9-8-28(32(31)38)25-14-23(20-40-21-25)19-39-18-22-6-4-3-5-7-22/h3-11,14-17,20-21,39,41H,12-13,18-19H2,1-2H3,(H,45,46)(H,42,43,44). The molecular weight excluding hydrogens is 596 g/mol. The minimum absolute atomic E-state index is 0.300. The molecule has 9 nitrogen and oxygen atoms in total. The summed E-state index contributed by atoms with van der Waals surface area (Å²) in [5.41, 5.74) is 7.05. The van der Waals surface area contributed by atoms with Gasteiger partial charge < -0.3 is 20.5 Å². The van der Waals surface area contributed by atoms with Crippen molar-refractivity contribution in [3.05, 3.63) is 114 Å². The van der Waals surface area contributed by atoms with Crippen molar-refractivity contribution >= 4 is 27.8 Å². The van der Waals surface area contributed by atoms with Gasteiger partial charge in [0.2, 0.25) is 0 Å². The number of aromatic nitrogens is 6. The summed E-state index contributed by atoms with van der Waals surface area (Å²) in [6, 6.07) is 22.2. The van der Waals surface area contributed by atoms with Gasteiger partial charge in [0.05, 0.1) is 10.9 Å². The third kappa shape index (κ3) is 6.44. The van der Waals surface area contributed by atoms with Crippen molar-refractivity contribution in [2.45, 2.75) is 13.1 Å². The molecule has 0 atom stereocenters. The van der Waals surface area contributed by atoms with Crippen molar-refractivity contribution in [1.29, 1.82) is 0 Å². The van der Waals surface area contributed by atoms with Gasteiger partial charge in [0.25, 0.3) is 0 Å². The summed E-state index contributed by atoms with van der Waals surface area (Å²) in [6.45, 7) is 2.77. The molecule has 4 heterocycles. The van der Waals surface area contributed by atoms with Gasteiger partial charge in [-0.2, -0.15) is 5.10 Å². The van der Waals surface area contributed by atoms with Crippen LogP contribution in [0.1, 0.15) is 11.1 Å². The second-order valence-corrected chi connectivity index (χ2v) is 11.7. The van der Waals surface area contributed by atoms with Gasteiger partial charge in [-0.25, -0.2) is 18.7 Å². The van der Waals surface area contributed by atoms with Crippen LogP contribution in [0, 0.1) is 11.6 Å². The van der Waals surface area contributed by atoms with E-state index < -0.39 is 5.82 Å². The number of H-pyrrole nitrogens is 2. The fraction of sp³-hybridized carbons (Fsp3) is 0.167. The first-order valence-corrected chi connectivity index (χ1v) is 15.3. The maximum absolute atomic E-state index is 16.4. The Balaban J connectivity index is 1.20. The van der Waals surface area contributed by atoms with E-state index in [0.717, 1.165) is 12.1 Å². The molecule has 0 amide bonds. The fourth-order valence-corrected chi connectivity index (χ4v) is 5.67. The normalized spacial score (nSPS) is 11.6. The highest BCUT2D eigenvalue weighted by Gasteiger charge is 2.21. The van der Waals surface area contributed by atoms with Crippen LogP contribution in [0.2, 0.25) is 0 Å². The molecule has 7 rings (SSSR count). The molecule has 47 heavy (non-hydrogen) atoms. The molecule has 0 aliphatic heterocycles. The molecule has 0 unspecified atom stereocenters. The molecule has 0 aliphatic rings. The smallest absolute Gasteiger partial charge is 0.161 e. The molecule has 0 spiro atoms. The predicted molar refractivity (Wildman–Crippen MR) is 182 cm³/mol. The molecule has 3 aromatic carbocycles. The minimum atomic E-state index is -0.436. The van der Waals surface area contributed by atoms with Crippen molar-refractivity contribution in [1.82, 2.24) is 40.3 Å². The molecule has 0 saturated carbocycles. The maximum atomic E-state index is 16.4. The van der Waals surface area contributed by atoms with Crippen LogP contribution >= 0.6 is 0 Å². The molecule has 0 bridgehead atoms. The second kappa shape index (κ2) is 13.1. The zero-order chi connectivity index (χ0) is 32.3. The van der Waals surface area contributed by atoms with E-state index in [1.807, 2.05) is 44.4 Å². The van der Waals surface area contributed by atoms with Crippen molar-refractivity contribution in [3.8, 4) is 33.8 Å². The van der Waals surface area contributed by atoms with Gasteiger partial charge in [0.1, 0.15) is 22.8 Å². The van der Waals surface area contributed by atoms with E-state index >= 15 is 4.39 Å². The Morgan fingerprint density at radius 3 is 2.55 bits per heavy atom. The van der Waals surface area contributed by atoms with Gasteiger partial charge >= 0.3 is 0 Å². The first-order chi connectivity index (χ1) is 22.9. The Bertz CT molecular complexity index is 2170. The number of hydrogen-bond donors (Lipinski definition) is 4. The van der Waals surface area contributed by atoms with Crippen LogP contribution in [0.15, 0.2) is 91.4 Å². The second-order valence-electron chi connectivity index (χ2n) is 11.7. The lowest BCUT2D eigenvalue weighted by molar-refractivity contribution is 0.425. The van der Waals surface area contributed by atoms with Crippen molar-refractivity contribution in [2.75, 3.05) is 32.5 Å². The highest BCUT2D eigenvalue weighted by molar-refractivity contribution is 5.98. The van der Waals surface area contributed by atoms with Crippen LogP contribution in [0.4, 0.5) is 14.5 Å². The number of nitrogens with one attached hydrogen (secondary N) is 4. The van der Waals surface area contributed by atoms with Gasteiger partial charge in [0, 0.05) is 67.1 Å². The molecule has 0 saturated heterocycles. The number of anilines is 1. The number of hydrogen-bond acceptors (Lipinski definition) is 7. The SMILES string of the molecule is CN(C)CCNc1cc(F)cc(-c2ccnc3[nH]c(-c4n[nH]c5ccc(-c6cncc(CNCc7ccccc7)c6)c(F)c45)nc23)c1. The summed E-state index contributed by atoms with van der Waals surface area (Å²) < 4.78 is 31.1. The Hall–Kier alpha value is -5.52. The Kier molecular flexibility index (Phi) is 8.38. The van der Waals surface area contributed by atoms with E-state index in [1.54, 1.807) is 36.8 Å². The summed E-state index contributed by atoms with van der Waals surface area (Å²) in [4.78, 5) is 18.9. The third-order valence-corrected chi connectivity index (χ3v) is 7.98. The lowest BCUT2D eigenvalue weighted by Gasteiger charge is -2.12. The Labute approximate surface area is 270 Å². The monoisotopic (exact) mass is 629 g/mol. The molecule has 0 aliphatic carbocycles. The number of aromatic amines is 2. The largest absolute Gasteiger partial charge is 0.384 e. The van der Waals surface area contributed by atoms with Crippen LogP contribution < -0.4 is 10.6 Å². The van der Waals surface area contributed by atoms with E-state index in [1.165, 1.54) is 17.7 Å². The van der Waals surface area contributed by atoms with E-state index in [2.05, 4.69) is 52.8 Å². The molecule has 7 aromatic rings. The Morgan fingerprint density at radius 2 is 1.70 bits per heavy atom. The van der Waals surface area contributed by atoms with Gasteiger partial charge in [-0.3, -0.25) is 10.1 Å². The molecule has 11 heteroatoms. The molecule has 0 fully saturated rings. The average Bonchev–Trinajstić information content (AvgIpc) is 3.70. The summed E-state index contributed by atoms with van der Waals surface area (Å²) in [7, 11) is 3.97. The fourth-order valence-electron chi connectivity index (χ4n) is 5.67. The third-order valence-electron chi connectivity index (χ3n) is 7.98. The summed E-state index contributed by atoms with van der Waals surface area (Å²) in [5.74, 6) is -0.455. The zero-order valence-electron chi connectivity index (χ0n) is 26.0. The van der Waals surface area contributed by atoms with Crippen LogP contribution in [0.5, 0.6) is 0 Å². The summed E-state index contributed by atoms with van der Waals surface area (Å²) in [6.07, 6.45) is 5.08. The van der Waals surface area contributed by atoms with Gasteiger partial charge in [-0.15, -0.1) is 0 Å². The molecule has 4 aromatic heterocycles. The number of pyridine rings is 2. The van der Waals surface area contributed by atoms with Crippen molar-refractivity contribution in [2.24, 2.45) is 0 Å². The van der Waals surface area contributed by atoms with Crippen LogP contribution in [0.25, 0.3) is 55.8 Å². The number of rotatable bonds is 11. The molecule has 0 radical (unpaired) electrons. The number of benzene rings is 3.